The highest BCUT2D eigenvalue weighted by atomic mass is 32.1. The molecule has 4 aromatic heterocycles. The molecule has 0 unspecified atom stereocenters. The molecule has 0 aliphatic carbocycles. The zero-order valence-corrected chi connectivity index (χ0v) is 18.0. The Labute approximate surface area is 193 Å². The quantitative estimate of drug-likeness (QED) is 0.422. The van der Waals surface area contributed by atoms with Gasteiger partial charge in [-0.3, -0.25) is 24.5 Å². The molecule has 0 aliphatic rings. The molecule has 3 N–H and O–H groups in total. The number of amides is 1. The van der Waals surface area contributed by atoms with Gasteiger partial charge in [0.15, 0.2) is 5.82 Å². The number of anilines is 2. The molecular formula is C20H14F3N7O3S. The summed E-state index contributed by atoms with van der Waals surface area (Å²) in [5, 5.41) is 2.59. The zero-order chi connectivity index (χ0) is 24.4. The van der Waals surface area contributed by atoms with E-state index in [9.17, 15) is 22.8 Å². The first-order valence-corrected chi connectivity index (χ1v) is 10.2. The molecule has 4 rings (SSSR count). The van der Waals surface area contributed by atoms with Crippen LogP contribution >= 0.6 is 11.5 Å². The number of methoxy groups -OCH3 is 1. The molecule has 0 radical (unpaired) electrons. The minimum atomic E-state index is -2.90. The second-order valence-corrected chi connectivity index (χ2v) is 7.39. The minimum absolute atomic E-state index is 0.0446. The Balaban J connectivity index is 1.92. The van der Waals surface area contributed by atoms with Crippen LogP contribution in [0.15, 0.2) is 47.7 Å². The largest absolute Gasteiger partial charge is 0.494 e. The summed E-state index contributed by atoms with van der Waals surface area (Å²) in [6.45, 7) is 0. The van der Waals surface area contributed by atoms with Gasteiger partial charge in [0.1, 0.15) is 17.3 Å². The maximum absolute atomic E-state index is 13.8. The number of pyridine rings is 3. The van der Waals surface area contributed by atoms with Crippen LogP contribution in [-0.4, -0.2) is 36.9 Å². The number of alkyl halides is 2. The van der Waals surface area contributed by atoms with E-state index < -0.39 is 29.4 Å². The number of hydrogen-bond donors (Lipinski definition) is 2. The van der Waals surface area contributed by atoms with Crippen molar-refractivity contribution >= 4 is 28.5 Å². The van der Waals surface area contributed by atoms with Gasteiger partial charge in [0.2, 0.25) is 11.1 Å². The number of ether oxygens (including phenoxy) is 1. The van der Waals surface area contributed by atoms with Gasteiger partial charge in [0.25, 0.3) is 17.9 Å². The summed E-state index contributed by atoms with van der Waals surface area (Å²) in [5.41, 5.74) is 3.98. The summed E-state index contributed by atoms with van der Waals surface area (Å²) < 4.78 is 50.5. The highest BCUT2D eigenvalue weighted by Crippen LogP contribution is 2.35. The summed E-state index contributed by atoms with van der Waals surface area (Å²) >= 11 is 0.832. The highest BCUT2D eigenvalue weighted by Gasteiger charge is 2.22. The first kappa shape index (κ1) is 22.8. The summed E-state index contributed by atoms with van der Waals surface area (Å²) in [6.07, 6.45) is 0.566. The molecule has 0 atom stereocenters. The van der Waals surface area contributed by atoms with Gasteiger partial charge >= 0.3 is 0 Å². The number of halogens is 3. The third-order valence-electron chi connectivity index (χ3n) is 4.57. The van der Waals surface area contributed by atoms with Crippen molar-refractivity contribution < 1.29 is 22.7 Å². The van der Waals surface area contributed by atoms with Gasteiger partial charge in [0.05, 0.1) is 18.9 Å². The van der Waals surface area contributed by atoms with E-state index >= 15 is 0 Å². The molecule has 0 bridgehead atoms. The summed E-state index contributed by atoms with van der Waals surface area (Å²) in [7, 11) is 1.30. The van der Waals surface area contributed by atoms with Gasteiger partial charge in [0, 0.05) is 35.1 Å². The molecular weight excluding hydrogens is 475 g/mol. The Bertz CT molecular complexity index is 1440. The van der Waals surface area contributed by atoms with Crippen LogP contribution in [-0.2, 0) is 0 Å². The lowest BCUT2D eigenvalue weighted by atomic mass is 10.00. The van der Waals surface area contributed by atoms with Crippen LogP contribution in [0.1, 0.15) is 22.5 Å². The monoisotopic (exact) mass is 489 g/mol. The summed E-state index contributed by atoms with van der Waals surface area (Å²) in [6, 6.07) is 4.60. The van der Waals surface area contributed by atoms with Gasteiger partial charge < -0.3 is 10.5 Å². The fourth-order valence-corrected chi connectivity index (χ4v) is 3.52. The predicted molar refractivity (Wildman–Crippen MR) is 117 cm³/mol. The maximum Gasteiger partial charge on any atom is 0.292 e. The van der Waals surface area contributed by atoms with Crippen molar-refractivity contribution in [3.05, 3.63) is 70.3 Å². The minimum Gasteiger partial charge on any atom is -0.494 e. The van der Waals surface area contributed by atoms with Crippen LogP contribution < -0.4 is 21.3 Å². The number of nitrogens with one attached hydrogen (secondary N) is 1. The lowest BCUT2D eigenvalue weighted by Gasteiger charge is -2.15. The Morgan fingerprint density at radius 1 is 1.24 bits per heavy atom. The van der Waals surface area contributed by atoms with Crippen molar-refractivity contribution in [2.24, 2.45) is 0 Å². The van der Waals surface area contributed by atoms with Crippen molar-refractivity contribution in [3.8, 4) is 22.7 Å². The number of nitrogens with zero attached hydrogens (tertiary/aromatic N) is 5. The molecule has 4 heterocycles. The molecule has 174 valence electrons. The number of aromatic nitrogens is 5. The van der Waals surface area contributed by atoms with E-state index in [2.05, 4.69) is 24.6 Å². The van der Waals surface area contributed by atoms with E-state index in [1.165, 1.54) is 25.4 Å². The lowest BCUT2D eigenvalue weighted by Crippen LogP contribution is -2.22. The molecule has 10 nitrogen and oxygen atoms in total. The molecule has 34 heavy (non-hydrogen) atoms. The van der Waals surface area contributed by atoms with Gasteiger partial charge in [-0.25, -0.2) is 18.2 Å². The Morgan fingerprint density at radius 2 is 2.03 bits per heavy atom. The van der Waals surface area contributed by atoms with E-state index in [1.807, 2.05) is 0 Å². The van der Waals surface area contributed by atoms with Crippen molar-refractivity contribution in [1.82, 2.24) is 23.9 Å². The van der Waals surface area contributed by atoms with Crippen molar-refractivity contribution in [2.45, 2.75) is 6.43 Å². The molecule has 1 amide bonds. The topological polar surface area (TPSA) is 138 Å². The molecule has 0 fully saturated rings. The van der Waals surface area contributed by atoms with Crippen LogP contribution in [0.3, 0.4) is 0 Å². The van der Waals surface area contributed by atoms with Gasteiger partial charge in [-0.15, -0.1) is 0 Å². The lowest BCUT2D eigenvalue weighted by molar-refractivity contribution is 0.102. The van der Waals surface area contributed by atoms with Crippen LogP contribution in [0, 0.1) is 5.82 Å². The van der Waals surface area contributed by atoms with Crippen molar-refractivity contribution in [3.63, 3.8) is 0 Å². The van der Waals surface area contributed by atoms with Crippen molar-refractivity contribution in [2.75, 3.05) is 18.2 Å². The first-order chi connectivity index (χ1) is 16.3. The van der Waals surface area contributed by atoms with Crippen LogP contribution in [0.5, 0.6) is 5.75 Å². The molecule has 0 aliphatic heterocycles. The van der Waals surface area contributed by atoms with E-state index in [-0.39, 0.29) is 39.3 Å². The first-order valence-electron chi connectivity index (χ1n) is 9.39. The molecule has 0 spiro atoms. The average Bonchev–Trinajstić information content (AvgIpc) is 3.24. The smallest absolute Gasteiger partial charge is 0.292 e. The number of nitrogens with two attached hydrogens (primary N) is 1. The highest BCUT2D eigenvalue weighted by molar-refractivity contribution is 7.10. The SMILES string of the molecule is COc1cnc(C(F)F)cc1-c1cc(-n2cccc(F)c2=O)ncc1C(=O)Nc1nc(N)ns1. The Morgan fingerprint density at radius 3 is 2.71 bits per heavy atom. The predicted octanol–water partition coefficient (Wildman–Crippen LogP) is 3.07. The van der Waals surface area contributed by atoms with E-state index in [0.717, 1.165) is 40.6 Å². The Hall–Kier alpha value is -4.33. The standard InChI is InChI=1S/C20H14F3N7O3S/c1-33-14-8-25-13(16(22)23)5-10(14)9-6-15(30-4-2-3-12(21)18(30)32)26-7-11(9)17(31)27-20-28-19(24)29-34-20/h2-8,16H,1H3,(H3,24,27,28,29,31). The molecule has 0 saturated heterocycles. The summed E-state index contributed by atoms with van der Waals surface area (Å²) in [5.74, 6) is -1.77. The molecule has 0 aromatic carbocycles. The number of hydrogen-bond acceptors (Lipinski definition) is 9. The zero-order valence-electron chi connectivity index (χ0n) is 17.2. The van der Waals surface area contributed by atoms with E-state index in [4.69, 9.17) is 10.5 Å². The van der Waals surface area contributed by atoms with Crippen LogP contribution in [0.25, 0.3) is 16.9 Å². The third kappa shape index (κ3) is 4.43. The fourth-order valence-electron chi connectivity index (χ4n) is 3.03. The second-order valence-electron chi connectivity index (χ2n) is 6.64. The van der Waals surface area contributed by atoms with Crippen molar-refractivity contribution in [1.29, 1.82) is 0 Å². The molecule has 0 saturated carbocycles. The van der Waals surface area contributed by atoms with Crippen LogP contribution in [0.4, 0.5) is 24.3 Å². The molecule has 4 aromatic rings. The summed E-state index contributed by atoms with van der Waals surface area (Å²) in [4.78, 5) is 36.9. The molecule has 14 heteroatoms. The second kappa shape index (κ2) is 9.27. The average molecular weight is 489 g/mol. The van der Waals surface area contributed by atoms with Gasteiger partial charge in [-0.1, -0.05) is 0 Å². The number of nitrogen functional groups attached to an aromatic ring is 1. The number of carbonyl (C=O) groups is 1. The Kier molecular flexibility index (Phi) is 6.23. The maximum atomic E-state index is 13.8. The normalized spacial score (nSPS) is 11.0. The van der Waals surface area contributed by atoms with E-state index in [0.29, 0.717) is 0 Å². The third-order valence-corrected chi connectivity index (χ3v) is 5.21. The fraction of sp³-hybridized carbons (Fsp3) is 0.100. The van der Waals surface area contributed by atoms with Gasteiger partial charge in [-0.2, -0.15) is 9.36 Å². The number of rotatable bonds is 6. The van der Waals surface area contributed by atoms with Crippen LogP contribution in [0.2, 0.25) is 0 Å². The number of carbonyl (C=O) groups excluding carboxylic acids is 1. The van der Waals surface area contributed by atoms with E-state index in [1.54, 1.807) is 0 Å². The van der Waals surface area contributed by atoms with Gasteiger partial charge in [-0.05, 0) is 24.3 Å².